The van der Waals surface area contributed by atoms with Crippen LogP contribution in [0.2, 0.25) is 0 Å². The zero-order valence-electron chi connectivity index (χ0n) is 16.6. The fourth-order valence-electron chi connectivity index (χ4n) is 4.21. The van der Waals surface area contributed by atoms with E-state index in [4.69, 9.17) is 0 Å². The standard InChI is InChI=1S/C22H26N4O3/c1-16-9-10-18(20(27)23-16)21(28)25-14-12-24(13-15-25)19-8-5-11-26(22(19)29)17-6-3-2-4-7-17/h2-4,6-7,9-10,19H,5,8,11-15H2,1H3,(H,23,27)/t19-/m1/s1. The van der Waals surface area contributed by atoms with Crippen LogP contribution in [0, 0.1) is 6.92 Å². The zero-order chi connectivity index (χ0) is 20.4. The average Bonchev–Trinajstić information content (AvgIpc) is 2.74. The van der Waals surface area contributed by atoms with Crippen LogP contribution in [0.4, 0.5) is 5.69 Å². The Morgan fingerprint density at radius 1 is 0.966 bits per heavy atom. The van der Waals surface area contributed by atoms with Crippen LogP contribution in [0.15, 0.2) is 47.3 Å². The number of anilines is 1. The number of carbonyl (C=O) groups is 2. The van der Waals surface area contributed by atoms with Gasteiger partial charge in [0, 0.05) is 44.1 Å². The Hall–Kier alpha value is -2.93. The first-order valence-electron chi connectivity index (χ1n) is 10.1. The Kier molecular flexibility index (Phi) is 5.49. The number of hydrogen-bond donors (Lipinski definition) is 1. The van der Waals surface area contributed by atoms with Gasteiger partial charge in [-0.15, -0.1) is 0 Å². The second-order valence-corrected chi connectivity index (χ2v) is 7.70. The van der Waals surface area contributed by atoms with E-state index >= 15 is 0 Å². The number of H-pyrrole nitrogens is 1. The van der Waals surface area contributed by atoms with E-state index < -0.39 is 0 Å². The van der Waals surface area contributed by atoms with Crippen LogP contribution in [0.3, 0.4) is 0 Å². The third-order valence-electron chi connectivity index (χ3n) is 5.81. The summed E-state index contributed by atoms with van der Waals surface area (Å²) in [5, 5.41) is 0. The minimum atomic E-state index is -0.349. The van der Waals surface area contributed by atoms with E-state index in [-0.39, 0.29) is 29.0 Å². The van der Waals surface area contributed by atoms with Crippen LogP contribution >= 0.6 is 0 Å². The van der Waals surface area contributed by atoms with E-state index in [0.29, 0.717) is 26.2 Å². The molecule has 0 aliphatic carbocycles. The molecule has 152 valence electrons. The number of pyridine rings is 1. The summed E-state index contributed by atoms with van der Waals surface area (Å²) >= 11 is 0. The van der Waals surface area contributed by atoms with Crippen molar-refractivity contribution in [2.45, 2.75) is 25.8 Å². The molecule has 1 N–H and O–H groups in total. The highest BCUT2D eigenvalue weighted by Gasteiger charge is 2.36. The first kappa shape index (κ1) is 19.4. The van der Waals surface area contributed by atoms with Crippen LogP contribution in [0.25, 0.3) is 0 Å². The number of carbonyl (C=O) groups excluding carboxylic acids is 2. The van der Waals surface area contributed by atoms with Crippen molar-refractivity contribution in [3.05, 3.63) is 64.1 Å². The number of para-hydroxylation sites is 1. The predicted molar refractivity (Wildman–Crippen MR) is 111 cm³/mol. The number of nitrogens with one attached hydrogen (secondary N) is 1. The number of aryl methyl sites for hydroxylation is 1. The molecule has 0 bridgehead atoms. The molecule has 2 aromatic rings. The normalized spacial score (nSPS) is 20.7. The zero-order valence-corrected chi connectivity index (χ0v) is 16.6. The third kappa shape index (κ3) is 3.96. The van der Waals surface area contributed by atoms with Gasteiger partial charge in [-0.25, -0.2) is 0 Å². The molecule has 2 fully saturated rings. The van der Waals surface area contributed by atoms with Gasteiger partial charge in [0.05, 0.1) is 6.04 Å². The van der Waals surface area contributed by atoms with Crippen molar-refractivity contribution in [2.75, 3.05) is 37.6 Å². The first-order chi connectivity index (χ1) is 14.0. The molecule has 7 nitrogen and oxygen atoms in total. The van der Waals surface area contributed by atoms with Gasteiger partial charge in [0.25, 0.3) is 11.5 Å². The highest BCUT2D eigenvalue weighted by atomic mass is 16.2. The largest absolute Gasteiger partial charge is 0.336 e. The van der Waals surface area contributed by atoms with Crippen molar-refractivity contribution < 1.29 is 9.59 Å². The molecular weight excluding hydrogens is 368 g/mol. The van der Waals surface area contributed by atoms with E-state index in [9.17, 15) is 14.4 Å². The molecule has 0 saturated carbocycles. The summed E-state index contributed by atoms with van der Waals surface area (Å²) < 4.78 is 0. The molecule has 0 radical (unpaired) electrons. The van der Waals surface area contributed by atoms with Crippen LogP contribution in [0.5, 0.6) is 0 Å². The van der Waals surface area contributed by atoms with E-state index in [2.05, 4.69) is 9.88 Å². The maximum atomic E-state index is 13.1. The smallest absolute Gasteiger partial charge is 0.260 e. The topological polar surface area (TPSA) is 76.7 Å². The van der Waals surface area contributed by atoms with Gasteiger partial charge in [-0.1, -0.05) is 18.2 Å². The highest BCUT2D eigenvalue weighted by Crippen LogP contribution is 2.24. The summed E-state index contributed by atoms with van der Waals surface area (Å²) in [6.45, 7) is 4.83. The first-order valence-corrected chi connectivity index (χ1v) is 10.1. The van der Waals surface area contributed by atoms with Crippen molar-refractivity contribution >= 4 is 17.5 Å². The monoisotopic (exact) mass is 394 g/mol. The lowest BCUT2D eigenvalue weighted by Gasteiger charge is -2.42. The minimum absolute atomic E-state index is 0.136. The molecule has 2 aliphatic rings. The quantitative estimate of drug-likeness (QED) is 0.859. The van der Waals surface area contributed by atoms with Crippen molar-refractivity contribution in [3.63, 3.8) is 0 Å². The van der Waals surface area contributed by atoms with Crippen molar-refractivity contribution in [1.29, 1.82) is 0 Å². The number of aromatic amines is 1. The van der Waals surface area contributed by atoms with E-state index in [1.165, 1.54) is 0 Å². The molecule has 2 saturated heterocycles. The number of hydrogen-bond acceptors (Lipinski definition) is 4. The molecule has 1 aromatic heterocycles. The number of rotatable bonds is 3. The van der Waals surface area contributed by atoms with Crippen molar-refractivity contribution in [2.24, 2.45) is 0 Å². The molecule has 0 unspecified atom stereocenters. The highest BCUT2D eigenvalue weighted by molar-refractivity contribution is 5.98. The number of piperidine rings is 1. The van der Waals surface area contributed by atoms with E-state index in [0.717, 1.165) is 30.8 Å². The van der Waals surface area contributed by atoms with Crippen LogP contribution in [-0.4, -0.2) is 65.4 Å². The molecule has 4 rings (SSSR count). The molecule has 1 aromatic carbocycles. The van der Waals surface area contributed by atoms with Gasteiger partial charge in [0.1, 0.15) is 5.56 Å². The number of piperazine rings is 1. The molecule has 2 amide bonds. The SMILES string of the molecule is Cc1ccc(C(=O)N2CCN([C@@H]3CCCN(c4ccccc4)C3=O)CC2)c(=O)[nH]1. The second-order valence-electron chi connectivity index (χ2n) is 7.70. The van der Waals surface area contributed by atoms with Crippen molar-refractivity contribution in [1.82, 2.24) is 14.8 Å². The third-order valence-corrected chi connectivity index (χ3v) is 5.81. The lowest BCUT2D eigenvalue weighted by Crippen LogP contribution is -2.58. The lowest BCUT2D eigenvalue weighted by molar-refractivity contribution is -0.126. The van der Waals surface area contributed by atoms with Gasteiger partial charge in [0.2, 0.25) is 5.91 Å². The molecule has 0 spiro atoms. The Morgan fingerprint density at radius 2 is 1.69 bits per heavy atom. The minimum Gasteiger partial charge on any atom is -0.336 e. The summed E-state index contributed by atoms with van der Waals surface area (Å²) in [6, 6.07) is 13.0. The van der Waals surface area contributed by atoms with E-state index in [1.54, 1.807) is 24.0 Å². The van der Waals surface area contributed by atoms with Gasteiger partial charge in [0.15, 0.2) is 0 Å². The van der Waals surface area contributed by atoms with Crippen LogP contribution in [0.1, 0.15) is 28.9 Å². The summed E-state index contributed by atoms with van der Waals surface area (Å²) in [5.41, 5.74) is 1.50. The Labute approximate surface area is 169 Å². The summed E-state index contributed by atoms with van der Waals surface area (Å²) in [7, 11) is 0. The number of nitrogens with zero attached hydrogens (tertiary/aromatic N) is 3. The second kappa shape index (κ2) is 8.21. The molecule has 1 atom stereocenters. The Balaban J connectivity index is 1.41. The summed E-state index contributed by atoms with van der Waals surface area (Å²) in [5.74, 6) is -0.107. The fourth-order valence-corrected chi connectivity index (χ4v) is 4.21. The number of aromatic nitrogens is 1. The summed E-state index contributed by atoms with van der Waals surface area (Å²) in [4.78, 5) is 46.4. The number of amides is 2. The van der Waals surface area contributed by atoms with Gasteiger partial charge in [-0.2, -0.15) is 0 Å². The average molecular weight is 394 g/mol. The lowest BCUT2D eigenvalue weighted by atomic mass is 10.0. The molecule has 3 heterocycles. The Bertz CT molecular complexity index is 948. The molecule has 7 heteroatoms. The number of benzene rings is 1. The maximum absolute atomic E-state index is 13.1. The van der Waals surface area contributed by atoms with Gasteiger partial charge >= 0.3 is 0 Å². The Morgan fingerprint density at radius 3 is 2.38 bits per heavy atom. The van der Waals surface area contributed by atoms with Gasteiger partial charge in [-0.05, 0) is 44.0 Å². The molecular formula is C22H26N4O3. The fraction of sp³-hybridized carbons (Fsp3) is 0.409. The van der Waals surface area contributed by atoms with Crippen molar-refractivity contribution in [3.8, 4) is 0 Å². The van der Waals surface area contributed by atoms with Gasteiger partial charge in [-0.3, -0.25) is 19.3 Å². The molecule has 2 aliphatic heterocycles. The van der Waals surface area contributed by atoms with Gasteiger partial charge < -0.3 is 14.8 Å². The van der Waals surface area contributed by atoms with Crippen LogP contribution in [-0.2, 0) is 4.79 Å². The van der Waals surface area contributed by atoms with Crippen LogP contribution < -0.4 is 10.5 Å². The summed E-state index contributed by atoms with van der Waals surface area (Å²) in [6.07, 6.45) is 1.80. The molecule has 29 heavy (non-hydrogen) atoms. The van der Waals surface area contributed by atoms with E-state index in [1.807, 2.05) is 35.2 Å². The maximum Gasteiger partial charge on any atom is 0.260 e. The predicted octanol–water partition coefficient (Wildman–Crippen LogP) is 1.64.